The first-order valence-electron chi connectivity index (χ1n) is 6.95. The summed E-state index contributed by atoms with van der Waals surface area (Å²) < 4.78 is 0. The van der Waals surface area contributed by atoms with E-state index in [0.29, 0.717) is 6.54 Å². The van der Waals surface area contributed by atoms with Crippen molar-refractivity contribution in [3.8, 4) is 0 Å². The molecule has 0 spiro atoms. The molecule has 0 aliphatic carbocycles. The third kappa shape index (κ3) is 5.04. The van der Waals surface area contributed by atoms with E-state index in [1.54, 1.807) is 37.0 Å². The number of urea groups is 1. The van der Waals surface area contributed by atoms with Gasteiger partial charge in [0.05, 0.1) is 6.54 Å². The second kappa shape index (κ2) is 6.93. The number of thiophene rings is 1. The zero-order valence-electron chi connectivity index (χ0n) is 13.2. The van der Waals surface area contributed by atoms with E-state index in [1.807, 2.05) is 31.4 Å². The van der Waals surface area contributed by atoms with Gasteiger partial charge in [-0.05, 0) is 30.7 Å². The minimum Gasteiger partial charge on any atom is -0.480 e. The van der Waals surface area contributed by atoms with Crippen molar-refractivity contribution in [1.82, 2.24) is 10.2 Å². The van der Waals surface area contributed by atoms with Crippen LogP contribution in [0.4, 0.5) is 4.79 Å². The quantitative estimate of drug-likeness (QED) is 0.877. The Hall–Kier alpha value is -1.56. The van der Waals surface area contributed by atoms with Crippen LogP contribution in [0.25, 0.3) is 0 Å². The van der Waals surface area contributed by atoms with Crippen LogP contribution < -0.4 is 5.32 Å². The number of carbonyl (C=O) groups excluding carboxylic acids is 1. The van der Waals surface area contributed by atoms with E-state index in [9.17, 15) is 14.7 Å². The Bertz CT molecular complexity index is 478. The van der Waals surface area contributed by atoms with Crippen LogP contribution >= 0.6 is 11.3 Å². The molecule has 0 bridgehead atoms. The highest BCUT2D eigenvalue weighted by Crippen LogP contribution is 2.20. The van der Waals surface area contributed by atoms with Crippen LogP contribution in [0.3, 0.4) is 0 Å². The fourth-order valence-corrected chi connectivity index (χ4v) is 2.62. The number of carboxylic acid groups (broad SMARTS) is 1. The number of carbonyl (C=O) groups is 2. The Kier molecular flexibility index (Phi) is 5.78. The van der Waals surface area contributed by atoms with Gasteiger partial charge in [-0.25, -0.2) is 9.59 Å². The van der Waals surface area contributed by atoms with Crippen molar-refractivity contribution < 1.29 is 14.7 Å². The van der Waals surface area contributed by atoms with Crippen LogP contribution in [0.5, 0.6) is 0 Å². The van der Waals surface area contributed by atoms with Gasteiger partial charge in [0.25, 0.3) is 0 Å². The second-order valence-corrected chi connectivity index (χ2v) is 7.42. The molecule has 2 N–H and O–H groups in total. The summed E-state index contributed by atoms with van der Waals surface area (Å²) in [4.78, 5) is 26.5. The molecule has 0 aliphatic heterocycles. The second-order valence-electron chi connectivity index (χ2n) is 6.39. The first kappa shape index (κ1) is 17.5. The fraction of sp³-hybridized carbons (Fsp3) is 0.600. The minimum absolute atomic E-state index is 0.0125. The molecular weight excluding hydrogens is 288 g/mol. The average molecular weight is 312 g/mol. The van der Waals surface area contributed by atoms with E-state index in [4.69, 9.17) is 0 Å². The van der Waals surface area contributed by atoms with Gasteiger partial charge in [0.2, 0.25) is 0 Å². The van der Waals surface area contributed by atoms with Gasteiger partial charge in [-0.2, -0.15) is 0 Å². The van der Waals surface area contributed by atoms with E-state index in [1.165, 1.54) is 0 Å². The Morgan fingerprint density at radius 1 is 1.38 bits per heavy atom. The SMILES string of the molecule is CC(C)N(Cc1cccs1)C(=O)N[C@@H](C(=O)O)C(C)(C)C. The van der Waals surface area contributed by atoms with Gasteiger partial charge in [0, 0.05) is 10.9 Å². The highest BCUT2D eigenvalue weighted by atomic mass is 32.1. The Morgan fingerprint density at radius 2 is 2.00 bits per heavy atom. The molecule has 0 saturated heterocycles. The van der Waals surface area contributed by atoms with E-state index in [0.717, 1.165) is 4.88 Å². The van der Waals surface area contributed by atoms with Crippen molar-refractivity contribution in [2.45, 2.75) is 53.2 Å². The molecule has 1 rings (SSSR count). The van der Waals surface area contributed by atoms with Crippen LogP contribution in [0.2, 0.25) is 0 Å². The fourth-order valence-electron chi connectivity index (χ4n) is 1.91. The Morgan fingerprint density at radius 3 is 2.38 bits per heavy atom. The molecule has 0 radical (unpaired) electrons. The number of carboxylic acids is 1. The molecule has 1 aromatic heterocycles. The van der Waals surface area contributed by atoms with Crippen LogP contribution in [0, 0.1) is 5.41 Å². The lowest BCUT2D eigenvalue weighted by molar-refractivity contribution is -0.142. The topological polar surface area (TPSA) is 69.6 Å². The van der Waals surface area contributed by atoms with Gasteiger partial charge in [-0.3, -0.25) is 0 Å². The van der Waals surface area contributed by atoms with Gasteiger partial charge >= 0.3 is 12.0 Å². The zero-order valence-corrected chi connectivity index (χ0v) is 14.0. The van der Waals surface area contributed by atoms with Gasteiger partial charge in [0.15, 0.2) is 0 Å². The van der Waals surface area contributed by atoms with Crippen molar-refractivity contribution in [1.29, 1.82) is 0 Å². The maximum absolute atomic E-state index is 12.4. The normalized spacial score (nSPS) is 13.0. The predicted molar refractivity (Wildman–Crippen MR) is 84.4 cm³/mol. The number of hydrogen-bond acceptors (Lipinski definition) is 3. The molecule has 0 saturated carbocycles. The molecule has 0 aromatic carbocycles. The van der Waals surface area contributed by atoms with Crippen LogP contribution in [0.1, 0.15) is 39.5 Å². The van der Waals surface area contributed by atoms with Gasteiger partial charge in [0.1, 0.15) is 6.04 Å². The molecule has 5 nitrogen and oxygen atoms in total. The van der Waals surface area contributed by atoms with Crippen molar-refractivity contribution >= 4 is 23.3 Å². The van der Waals surface area contributed by atoms with Crippen LogP contribution in [0.15, 0.2) is 17.5 Å². The lowest BCUT2D eigenvalue weighted by Crippen LogP contribution is -2.54. The monoisotopic (exact) mass is 312 g/mol. The molecule has 1 atom stereocenters. The summed E-state index contributed by atoms with van der Waals surface area (Å²) in [6.45, 7) is 9.71. The molecule has 118 valence electrons. The summed E-state index contributed by atoms with van der Waals surface area (Å²) in [5.41, 5.74) is -0.549. The smallest absolute Gasteiger partial charge is 0.326 e. The van der Waals surface area contributed by atoms with E-state index >= 15 is 0 Å². The van der Waals surface area contributed by atoms with Crippen molar-refractivity contribution in [3.63, 3.8) is 0 Å². The summed E-state index contributed by atoms with van der Waals surface area (Å²) in [5.74, 6) is -1.02. The van der Waals surface area contributed by atoms with Crippen LogP contribution in [-0.2, 0) is 11.3 Å². The molecule has 21 heavy (non-hydrogen) atoms. The van der Waals surface area contributed by atoms with Gasteiger partial charge in [-0.1, -0.05) is 26.8 Å². The van der Waals surface area contributed by atoms with E-state index < -0.39 is 17.4 Å². The molecule has 0 unspecified atom stereocenters. The number of aliphatic carboxylic acids is 1. The summed E-state index contributed by atoms with van der Waals surface area (Å²) in [6.07, 6.45) is 0. The number of nitrogens with one attached hydrogen (secondary N) is 1. The third-order valence-corrected chi connectivity index (χ3v) is 4.03. The molecule has 6 heteroatoms. The number of nitrogens with zero attached hydrogens (tertiary/aromatic N) is 1. The summed E-state index contributed by atoms with van der Waals surface area (Å²) in [6, 6.07) is 2.62. The molecular formula is C15H24N2O3S. The van der Waals surface area contributed by atoms with Crippen molar-refractivity contribution in [3.05, 3.63) is 22.4 Å². The molecule has 0 aliphatic rings. The van der Waals surface area contributed by atoms with Crippen LogP contribution in [-0.4, -0.2) is 34.1 Å². The van der Waals surface area contributed by atoms with Gasteiger partial charge < -0.3 is 15.3 Å². The maximum Gasteiger partial charge on any atom is 0.326 e. The summed E-state index contributed by atoms with van der Waals surface area (Å²) >= 11 is 1.58. The standard InChI is InChI=1S/C15H24N2O3S/c1-10(2)17(9-11-7-6-8-21-11)14(20)16-12(13(18)19)15(3,4)5/h6-8,10,12H,9H2,1-5H3,(H,16,20)(H,18,19)/t12-/m0/s1. The number of hydrogen-bond donors (Lipinski definition) is 2. The molecule has 1 aromatic rings. The average Bonchev–Trinajstić information content (AvgIpc) is 2.83. The van der Waals surface area contributed by atoms with Gasteiger partial charge in [-0.15, -0.1) is 11.3 Å². The van der Waals surface area contributed by atoms with Crippen molar-refractivity contribution in [2.24, 2.45) is 5.41 Å². The minimum atomic E-state index is -1.02. The first-order valence-corrected chi connectivity index (χ1v) is 7.83. The first-order chi connectivity index (χ1) is 9.62. The number of amides is 2. The predicted octanol–water partition coefficient (Wildman–Crippen LogP) is 3.17. The molecule has 2 amide bonds. The van der Waals surface area contributed by atoms with Crippen molar-refractivity contribution in [2.75, 3.05) is 0 Å². The molecule has 1 heterocycles. The highest BCUT2D eigenvalue weighted by molar-refractivity contribution is 7.09. The Balaban J connectivity index is 2.83. The lowest BCUT2D eigenvalue weighted by atomic mass is 9.87. The number of rotatable bonds is 5. The van der Waals surface area contributed by atoms with E-state index in [2.05, 4.69) is 5.32 Å². The largest absolute Gasteiger partial charge is 0.480 e. The lowest BCUT2D eigenvalue weighted by Gasteiger charge is -2.32. The zero-order chi connectivity index (χ0) is 16.2. The third-order valence-electron chi connectivity index (χ3n) is 3.17. The maximum atomic E-state index is 12.4. The highest BCUT2D eigenvalue weighted by Gasteiger charge is 2.34. The summed E-state index contributed by atoms with van der Waals surface area (Å²) in [5, 5.41) is 13.9. The Labute approximate surface area is 130 Å². The van der Waals surface area contributed by atoms with E-state index in [-0.39, 0.29) is 12.1 Å². The molecule has 0 fully saturated rings. The summed E-state index contributed by atoms with van der Waals surface area (Å²) in [7, 11) is 0.